The van der Waals surface area contributed by atoms with Gasteiger partial charge in [-0.1, -0.05) is 6.07 Å². The quantitative estimate of drug-likeness (QED) is 0.796. The molecule has 2 aromatic rings. The number of furan rings is 1. The van der Waals surface area contributed by atoms with Crippen molar-refractivity contribution in [2.24, 2.45) is 5.10 Å². The molecule has 3 heterocycles. The van der Waals surface area contributed by atoms with Crippen LogP contribution in [0.4, 0.5) is 0 Å². The van der Waals surface area contributed by atoms with E-state index in [1.54, 1.807) is 18.4 Å². The van der Waals surface area contributed by atoms with Crippen molar-refractivity contribution >= 4 is 28.9 Å². The summed E-state index contributed by atoms with van der Waals surface area (Å²) in [4.78, 5) is 23.6. The van der Waals surface area contributed by atoms with Gasteiger partial charge < -0.3 is 14.3 Å². The third-order valence-electron chi connectivity index (χ3n) is 3.18. The average Bonchev–Trinajstić information content (AvgIpc) is 3.23. The monoisotopic (exact) mass is 315 g/mol. The fourth-order valence-electron chi connectivity index (χ4n) is 2.22. The van der Waals surface area contributed by atoms with E-state index in [9.17, 15) is 14.7 Å². The lowest BCUT2D eigenvalue weighted by atomic mass is 10.1. The van der Waals surface area contributed by atoms with Gasteiger partial charge in [-0.25, -0.2) is 5.01 Å². The highest BCUT2D eigenvalue weighted by Crippen LogP contribution is 2.35. The predicted molar refractivity (Wildman–Crippen MR) is 77.9 cm³/mol. The van der Waals surface area contributed by atoms with Crippen LogP contribution in [0.25, 0.3) is 0 Å². The molecule has 112 valence electrons. The van der Waals surface area contributed by atoms with E-state index in [2.05, 4.69) is 5.10 Å². The lowest BCUT2D eigenvalue weighted by Crippen LogP contribution is -2.26. The van der Waals surface area contributed by atoms with Crippen molar-refractivity contribution in [3.05, 3.63) is 58.7 Å². The van der Waals surface area contributed by atoms with Crippen molar-refractivity contribution in [2.75, 3.05) is 0 Å². The summed E-state index contributed by atoms with van der Waals surface area (Å²) >= 11 is 1.51. The van der Waals surface area contributed by atoms with Gasteiger partial charge in [0.15, 0.2) is 0 Å². The van der Waals surface area contributed by atoms with E-state index < -0.39 is 11.9 Å². The Morgan fingerprint density at radius 3 is 2.86 bits per heavy atom. The van der Waals surface area contributed by atoms with Gasteiger partial charge in [-0.2, -0.15) is 5.10 Å². The Kier molecular flexibility index (Phi) is 3.88. The van der Waals surface area contributed by atoms with Gasteiger partial charge in [0.1, 0.15) is 11.5 Å². The predicted octanol–water partition coefficient (Wildman–Crippen LogP) is 1.32. The Hall–Kier alpha value is -2.67. The average molecular weight is 315 g/mol. The van der Waals surface area contributed by atoms with Crippen molar-refractivity contribution in [2.45, 2.75) is 12.5 Å². The van der Waals surface area contributed by atoms with Gasteiger partial charge in [0.2, 0.25) is 0 Å². The Labute approximate surface area is 130 Å². The molecule has 2 aromatic heterocycles. The SMILES string of the molecule is O=C([O-])C=CC(=O)N1N=C(c2ccco2)C[C@H]1c1cccs1. The van der Waals surface area contributed by atoms with Crippen LogP contribution in [0, 0.1) is 0 Å². The highest BCUT2D eigenvalue weighted by molar-refractivity contribution is 7.10. The van der Waals surface area contributed by atoms with Crippen LogP contribution in [-0.2, 0) is 9.59 Å². The number of nitrogens with zero attached hydrogens (tertiary/aromatic N) is 2. The second kappa shape index (κ2) is 5.98. The summed E-state index contributed by atoms with van der Waals surface area (Å²) in [6.45, 7) is 0. The molecule has 0 radical (unpaired) electrons. The summed E-state index contributed by atoms with van der Waals surface area (Å²) in [5, 5.41) is 18.0. The van der Waals surface area contributed by atoms with Gasteiger partial charge in [0.05, 0.1) is 18.3 Å². The zero-order chi connectivity index (χ0) is 15.5. The molecule has 0 saturated heterocycles. The molecule has 0 bridgehead atoms. The van der Waals surface area contributed by atoms with Crippen LogP contribution >= 0.6 is 11.3 Å². The first kappa shape index (κ1) is 14.3. The number of hydrogen-bond acceptors (Lipinski definition) is 6. The molecule has 1 atom stereocenters. The Bertz CT molecular complexity index is 732. The van der Waals surface area contributed by atoms with Crippen LogP contribution in [0.2, 0.25) is 0 Å². The van der Waals surface area contributed by atoms with E-state index in [1.807, 2.05) is 17.5 Å². The molecule has 3 rings (SSSR count). The van der Waals surface area contributed by atoms with Gasteiger partial charge in [-0.05, 0) is 29.7 Å². The van der Waals surface area contributed by atoms with Crippen LogP contribution in [0.1, 0.15) is 23.1 Å². The molecule has 7 heteroatoms. The van der Waals surface area contributed by atoms with E-state index in [-0.39, 0.29) is 6.04 Å². The molecule has 0 aromatic carbocycles. The molecule has 6 nitrogen and oxygen atoms in total. The maximum Gasteiger partial charge on any atom is 0.267 e. The third-order valence-corrected chi connectivity index (χ3v) is 4.15. The summed E-state index contributed by atoms with van der Waals surface area (Å²) in [6, 6.07) is 7.07. The largest absolute Gasteiger partial charge is 0.545 e. The molecule has 1 aliphatic rings. The summed E-state index contributed by atoms with van der Waals surface area (Å²) in [5.41, 5.74) is 0.651. The smallest absolute Gasteiger partial charge is 0.267 e. The number of thiophene rings is 1. The van der Waals surface area contributed by atoms with Crippen molar-refractivity contribution in [3.63, 3.8) is 0 Å². The lowest BCUT2D eigenvalue weighted by molar-refractivity contribution is -0.297. The Morgan fingerprint density at radius 1 is 1.36 bits per heavy atom. The van der Waals surface area contributed by atoms with E-state index in [4.69, 9.17) is 4.42 Å². The minimum atomic E-state index is -1.42. The van der Waals surface area contributed by atoms with Gasteiger partial charge in [0, 0.05) is 17.4 Å². The first-order chi connectivity index (χ1) is 10.6. The van der Waals surface area contributed by atoms with E-state index >= 15 is 0 Å². The minimum absolute atomic E-state index is 0.265. The molecule has 0 aliphatic carbocycles. The van der Waals surface area contributed by atoms with Crippen molar-refractivity contribution in [1.82, 2.24) is 5.01 Å². The normalized spacial score (nSPS) is 17.9. The maximum atomic E-state index is 12.2. The number of carbonyl (C=O) groups is 2. The number of carbonyl (C=O) groups excluding carboxylic acids is 2. The number of aliphatic carboxylic acids is 1. The number of hydrogen-bond donors (Lipinski definition) is 0. The number of amides is 1. The van der Waals surface area contributed by atoms with E-state index in [0.29, 0.717) is 24.0 Å². The molecular formula is C15H11N2O4S-. The molecular weight excluding hydrogens is 304 g/mol. The van der Waals surface area contributed by atoms with Crippen LogP contribution < -0.4 is 5.11 Å². The van der Waals surface area contributed by atoms with Crippen molar-refractivity contribution < 1.29 is 19.1 Å². The molecule has 0 N–H and O–H groups in total. The summed E-state index contributed by atoms with van der Waals surface area (Å²) < 4.78 is 5.32. The third kappa shape index (κ3) is 2.84. The van der Waals surface area contributed by atoms with E-state index in [1.165, 1.54) is 16.3 Å². The second-order valence-corrected chi connectivity index (χ2v) is 5.57. The summed E-state index contributed by atoms with van der Waals surface area (Å²) in [7, 11) is 0. The van der Waals surface area contributed by atoms with Gasteiger partial charge in [0.25, 0.3) is 5.91 Å². The standard InChI is InChI=1S/C15H12N2O4S/c18-14(5-6-15(19)20)17-11(13-4-2-8-22-13)9-10(16-17)12-3-1-7-21-12/h1-8,11H,9H2,(H,19,20)/p-1/t11-/m0/s1. The highest BCUT2D eigenvalue weighted by atomic mass is 32.1. The molecule has 0 unspecified atom stereocenters. The zero-order valence-electron chi connectivity index (χ0n) is 11.3. The van der Waals surface area contributed by atoms with Crippen LogP contribution in [0.15, 0.2) is 57.6 Å². The second-order valence-electron chi connectivity index (χ2n) is 4.59. The molecule has 0 spiro atoms. The van der Waals surface area contributed by atoms with Crippen LogP contribution in [0.3, 0.4) is 0 Å². The number of hydrazone groups is 1. The summed E-state index contributed by atoms with van der Waals surface area (Å²) in [5.74, 6) is -1.33. The highest BCUT2D eigenvalue weighted by Gasteiger charge is 2.33. The first-order valence-corrected chi connectivity index (χ1v) is 7.40. The maximum absolute atomic E-state index is 12.2. The molecule has 1 aliphatic heterocycles. The van der Waals surface area contributed by atoms with Gasteiger partial charge >= 0.3 is 0 Å². The number of carboxylic acids is 1. The molecule has 1 amide bonds. The summed E-state index contributed by atoms with van der Waals surface area (Å²) in [6.07, 6.45) is 3.70. The minimum Gasteiger partial charge on any atom is -0.545 e. The Morgan fingerprint density at radius 2 is 2.23 bits per heavy atom. The van der Waals surface area contributed by atoms with Crippen molar-refractivity contribution in [3.8, 4) is 0 Å². The number of carboxylic acid groups (broad SMARTS) is 1. The van der Waals surface area contributed by atoms with Crippen molar-refractivity contribution in [1.29, 1.82) is 0 Å². The topological polar surface area (TPSA) is 85.9 Å². The van der Waals surface area contributed by atoms with Gasteiger partial charge in [-0.15, -0.1) is 11.3 Å². The molecule has 0 fully saturated rings. The van der Waals surface area contributed by atoms with Gasteiger partial charge in [-0.3, -0.25) is 4.79 Å². The first-order valence-electron chi connectivity index (χ1n) is 6.52. The fraction of sp³-hybridized carbons (Fsp3) is 0.133. The lowest BCUT2D eigenvalue weighted by Gasteiger charge is -2.18. The molecule has 0 saturated carbocycles. The fourth-order valence-corrected chi connectivity index (χ4v) is 3.04. The van der Waals surface area contributed by atoms with E-state index in [0.717, 1.165) is 11.0 Å². The van der Waals surface area contributed by atoms with Crippen LogP contribution in [-0.4, -0.2) is 22.6 Å². The zero-order valence-corrected chi connectivity index (χ0v) is 12.2. The molecule has 22 heavy (non-hydrogen) atoms. The Balaban J connectivity index is 1.90. The van der Waals surface area contributed by atoms with Crippen LogP contribution in [0.5, 0.6) is 0 Å². The number of rotatable bonds is 4.